The van der Waals surface area contributed by atoms with Gasteiger partial charge in [-0.25, -0.2) is 4.98 Å². The number of carbonyl (C=O) groups excluding carboxylic acids is 1. The van der Waals surface area contributed by atoms with Crippen molar-refractivity contribution in [2.45, 2.75) is 31.5 Å². The Bertz CT molecular complexity index is 718. The number of carbonyl (C=O) groups is 1. The fourth-order valence-corrected chi connectivity index (χ4v) is 4.10. The third kappa shape index (κ3) is 3.73. The zero-order valence-electron chi connectivity index (χ0n) is 14.0. The van der Waals surface area contributed by atoms with Gasteiger partial charge in [0.2, 0.25) is 5.91 Å². The number of nitrogens with zero attached hydrogens (tertiary/aromatic N) is 3. The molecule has 2 aliphatic heterocycles. The summed E-state index contributed by atoms with van der Waals surface area (Å²) in [4.78, 5) is 23.3. The van der Waals surface area contributed by atoms with Crippen LogP contribution in [0.3, 0.4) is 0 Å². The second-order valence-electron chi connectivity index (χ2n) is 6.33. The summed E-state index contributed by atoms with van der Waals surface area (Å²) in [6.07, 6.45) is 4.45. The molecule has 0 aromatic carbocycles. The second-order valence-corrected chi connectivity index (χ2v) is 7.27. The SMILES string of the molecule is O=C(CCc1nc(-c2ccccn2)cs1)N1CCC2(CC1)OCCO2. The van der Waals surface area contributed by atoms with E-state index in [1.807, 2.05) is 28.5 Å². The van der Waals surface area contributed by atoms with E-state index in [-0.39, 0.29) is 5.91 Å². The molecule has 25 heavy (non-hydrogen) atoms. The third-order valence-electron chi connectivity index (χ3n) is 4.72. The molecule has 0 radical (unpaired) electrons. The molecular formula is C18H21N3O3S. The molecule has 2 aromatic rings. The van der Waals surface area contributed by atoms with E-state index in [0.717, 1.165) is 29.2 Å². The lowest BCUT2D eigenvalue weighted by Crippen LogP contribution is -2.47. The van der Waals surface area contributed by atoms with Crippen LogP contribution in [0.5, 0.6) is 0 Å². The molecule has 0 aliphatic carbocycles. The molecule has 1 spiro atoms. The second kappa shape index (κ2) is 7.19. The topological polar surface area (TPSA) is 64.6 Å². The van der Waals surface area contributed by atoms with Crippen LogP contribution in [-0.4, -0.2) is 52.9 Å². The summed E-state index contributed by atoms with van der Waals surface area (Å²) in [7, 11) is 0. The number of likely N-dealkylation sites (tertiary alicyclic amines) is 1. The van der Waals surface area contributed by atoms with Crippen LogP contribution in [0.4, 0.5) is 0 Å². The normalized spacial score (nSPS) is 19.4. The van der Waals surface area contributed by atoms with Crippen LogP contribution < -0.4 is 0 Å². The number of pyridine rings is 1. The van der Waals surface area contributed by atoms with Gasteiger partial charge in [0.05, 0.1) is 29.6 Å². The largest absolute Gasteiger partial charge is 0.347 e. The molecule has 132 valence electrons. The van der Waals surface area contributed by atoms with Crippen molar-refractivity contribution in [3.8, 4) is 11.4 Å². The van der Waals surface area contributed by atoms with Gasteiger partial charge in [-0.1, -0.05) is 6.07 Å². The Balaban J connectivity index is 1.29. The van der Waals surface area contributed by atoms with Crippen LogP contribution in [0.2, 0.25) is 0 Å². The van der Waals surface area contributed by atoms with Gasteiger partial charge >= 0.3 is 0 Å². The van der Waals surface area contributed by atoms with E-state index in [1.165, 1.54) is 0 Å². The van der Waals surface area contributed by atoms with Gasteiger partial charge < -0.3 is 14.4 Å². The average molecular weight is 359 g/mol. The highest BCUT2D eigenvalue weighted by Crippen LogP contribution is 2.31. The molecule has 6 nitrogen and oxygen atoms in total. The molecule has 2 aromatic heterocycles. The number of piperidine rings is 1. The van der Waals surface area contributed by atoms with Gasteiger partial charge in [0.15, 0.2) is 5.79 Å². The molecule has 4 rings (SSSR count). The minimum atomic E-state index is -0.427. The Labute approximate surface area is 150 Å². The van der Waals surface area contributed by atoms with Crippen molar-refractivity contribution >= 4 is 17.2 Å². The first-order valence-corrected chi connectivity index (χ1v) is 9.54. The molecule has 2 saturated heterocycles. The molecule has 4 heterocycles. The van der Waals surface area contributed by atoms with Crippen molar-refractivity contribution in [3.05, 3.63) is 34.8 Å². The summed E-state index contributed by atoms with van der Waals surface area (Å²) in [6.45, 7) is 2.74. The van der Waals surface area contributed by atoms with Gasteiger partial charge in [0.1, 0.15) is 0 Å². The standard InChI is InChI=1S/C18H21N3O3S/c22-17(21-9-6-18(7-10-21)23-11-12-24-18)5-4-16-20-15(13-25-16)14-3-1-2-8-19-14/h1-3,8,13H,4-7,9-12H2. The molecule has 0 unspecified atom stereocenters. The van der Waals surface area contributed by atoms with Crippen LogP contribution in [-0.2, 0) is 20.7 Å². The number of aromatic nitrogens is 2. The number of ether oxygens (including phenoxy) is 2. The zero-order valence-corrected chi connectivity index (χ0v) is 14.8. The summed E-state index contributed by atoms with van der Waals surface area (Å²) in [5.74, 6) is -0.244. The Hall–Kier alpha value is -1.83. The van der Waals surface area contributed by atoms with Gasteiger partial charge in [0, 0.05) is 50.3 Å². The summed E-state index contributed by atoms with van der Waals surface area (Å²) >= 11 is 1.59. The summed E-state index contributed by atoms with van der Waals surface area (Å²) in [6, 6.07) is 5.78. The molecule has 2 aliphatic rings. The molecule has 2 fully saturated rings. The lowest BCUT2D eigenvalue weighted by Gasteiger charge is -2.37. The van der Waals surface area contributed by atoms with Gasteiger partial charge in [-0.15, -0.1) is 11.3 Å². The predicted octanol–water partition coefficient (Wildman–Crippen LogP) is 2.50. The van der Waals surface area contributed by atoms with Crippen LogP contribution in [0, 0.1) is 0 Å². The lowest BCUT2D eigenvalue weighted by molar-refractivity contribution is -0.187. The number of hydrogen-bond acceptors (Lipinski definition) is 6. The van der Waals surface area contributed by atoms with E-state index >= 15 is 0 Å². The predicted molar refractivity (Wildman–Crippen MR) is 94.1 cm³/mol. The zero-order chi connectivity index (χ0) is 17.1. The maximum atomic E-state index is 12.5. The quantitative estimate of drug-likeness (QED) is 0.839. The number of rotatable bonds is 4. The van der Waals surface area contributed by atoms with E-state index in [0.29, 0.717) is 39.1 Å². The number of thiazole rings is 1. The fourth-order valence-electron chi connectivity index (χ4n) is 3.31. The highest BCUT2D eigenvalue weighted by Gasteiger charge is 2.40. The molecule has 0 atom stereocenters. The van der Waals surface area contributed by atoms with Gasteiger partial charge in [-0.2, -0.15) is 0 Å². The first-order valence-electron chi connectivity index (χ1n) is 8.66. The first-order chi connectivity index (χ1) is 12.2. The van der Waals surface area contributed by atoms with E-state index in [9.17, 15) is 4.79 Å². The molecule has 1 amide bonds. The van der Waals surface area contributed by atoms with Crippen molar-refractivity contribution in [3.63, 3.8) is 0 Å². The first kappa shape index (κ1) is 16.6. The number of aryl methyl sites for hydroxylation is 1. The smallest absolute Gasteiger partial charge is 0.222 e. The monoisotopic (exact) mass is 359 g/mol. The Morgan fingerprint density at radius 2 is 2.00 bits per heavy atom. The van der Waals surface area contributed by atoms with Crippen molar-refractivity contribution in [1.82, 2.24) is 14.9 Å². The maximum absolute atomic E-state index is 12.5. The van der Waals surface area contributed by atoms with Crippen molar-refractivity contribution in [1.29, 1.82) is 0 Å². The Morgan fingerprint density at radius 3 is 2.72 bits per heavy atom. The summed E-state index contributed by atoms with van der Waals surface area (Å²) in [5, 5.41) is 2.98. The van der Waals surface area contributed by atoms with E-state index in [4.69, 9.17) is 9.47 Å². The number of amides is 1. The minimum Gasteiger partial charge on any atom is -0.347 e. The van der Waals surface area contributed by atoms with Crippen molar-refractivity contribution in [2.24, 2.45) is 0 Å². The highest BCUT2D eigenvalue weighted by molar-refractivity contribution is 7.09. The average Bonchev–Trinajstić information content (AvgIpc) is 3.31. The maximum Gasteiger partial charge on any atom is 0.222 e. The van der Waals surface area contributed by atoms with Crippen molar-refractivity contribution in [2.75, 3.05) is 26.3 Å². The van der Waals surface area contributed by atoms with Crippen LogP contribution >= 0.6 is 11.3 Å². The molecule has 0 N–H and O–H groups in total. The van der Waals surface area contributed by atoms with Gasteiger partial charge in [-0.3, -0.25) is 9.78 Å². The lowest BCUT2D eigenvalue weighted by atomic mass is 10.0. The Morgan fingerprint density at radius 1 is 1.20 bits per heavy atom. The van der Waals surface area contributed by atoms with Crippen LogP contribution in [0.1, 0.15) is 24.3 Å². The highest BCUT2D eigenvalue weighted by atomic mass is 32.1. The molecule has 0 bridgehead atoms. The summed E-state index contributed by atoms with van der Waals surface area (Å²) < 4.78 is 11.4. The summed E-state index contributed by atoms with van der Waals surface area (Å²) in [5.41, 5.74) is 1.75. The van der Waals surface area contributed by atoms with Crippen LogP contribution in [0.15, 0.2) is 29.8 Å². The van der Waals surface area contributed by atoms with Crippen molar-refractivity contribution < 1.29 is 14.3 Å². The van der Waals surface area contributed by atoms with Crippen LogP contribution in [0.25, 0.3) is 11.4 Å². The molecule has 0 saturated carbocycles. The molecular weight excluding hydrogens is 338 g/mol. The minimum absolute atomic E-state index is 0.183. The van der Waals surface area contributed by atoms with E-state index in [1.54, 1.807) is 17.5 Å². The Kier molecular flexibility index (Phi) is 4.78. The van der Waals surface area contributed by atoms with Gasteiger partial charge in [-0.05, 0) is 12.1 Å². The van der Waals surface area contributed by atoms with E-state index < -0.39 is 5.79 Å². The third-order valence-corrected chi connectivity index (χ3v) is 5.63. The molecule has 7 heteroatoms. The van der Waals surface area contributed by atoms with Gasteiger partial charge in [0.25, 0.3) is 0 Å². The number of hydrogen-bond donors (Lipinski definition) is 0. The fraction of sp³-hybridized carbons (Fsp3) is 0.500. The van der Waals surface area contributed by atoms with E-state index in [2.05, 4.69) is 9.97 Å².